The predicted molar refractivity (Wildman–Crippen MR) is 87.0 cm³/mol. The lowest BCUT2D eigenvalue weighted by atomic mass is 10.1. The van der Waals surface area contributed by atoms with Crippen LogP contribution >= 0.6 is 11.3 Å². The number of thiazole rings is 1. The van der Waals surface area contributed by atoms with Crippen LogP contribution in [0, 0.1) is 5.92 Å². The summed E-state index contributed by atoms with van der Waals surface area (Å²) in [6.45, 7) is 8.73. The van der Waals surface area contributed by atoms with Crippen LogP contribution in [0.15, 0.2) is 0 Å². The van der Waals surface area contributed by atoms with Crippen molar-refractivity contribution in [1.82, 2.24) is 10.3 Å². The third-order valence-electron chi connectivity index (χ3n) is 3.68. The zero-order valence-corrected chi connectivity index (χ0v) is 14.3. The fourth-order valence-corrected chi connectivity index (χ4v) is 3.62. The first-order valence-electron chi connectivity index (χ1n) is 7.58. The first-order chi connectivity index (χ1) is 10.1. The fraction of sp³-hybridized carbons (Fsp3) is 0.800. The highest BCUT2D eigenvalue weighted by molar-refractivity contribution is 7.15. The molecule has 1 atom stereocenters. The molecular formula is C15H27N3O2S. The Balaban J connectivity index is 2.04. The minimum atomic E-state index is 0.476. The van der Waals surface area contributed by atoms with E-state index >= 15 is 0 Å². The molecule has 0 saturated carbocycles. The summed E-state index contributed by atoms with van der Waals surface area (Å²) < 4.78 is 10.6. The van der Waals surface area contributed by atoms with Crippen molar-refractivity contribution in [2.75, 3.05) is 38.8 Å². The van der Waals surface area contributed by atoms with Crippen LogP contribution in [0.4, 0.5) is 5.13 Å². The van der Waals surface area contributed by atoms with Crippen molar-refractivity contribution >= 4 is 16.5 Å². The SMILES string of the molecule is COCc1nc(N2CCC(COC)C2)sc1CNC(C)C. The van der Waals surface area contributed by atoms with E-state index in [1.165, 1.54) is 11.3 Å². The first-order valence-corrected chi connectivity index (χ1v) is 8.40. The molecule has 0 spiro atoms. The quantitative estimate of drug-likeness (QED) is 0.798. The summed E-state index contributed by atoms with van der Waals surface area (Å²) in [7, 11) is 3.50. The Morgan fingerprint density at radius 2 is 2.19 bits per heavy atom. The summed E-state index contributed by atoms with van der Waals surface area (Å²) in [5.41, 5.74) is 1.07. The number of rotatable bonds is 8. The lowest BCUT2D eigenvalue weighted by Crippen LogP contribution is -2.21. The van der Waals surface area contributed by atoms with Gasteiger partial charge in [-0.05, 0) is 6.42 Å². The molecule has 1 fully saturated rings. The summed E-state index contributed by atoms with van der Waals surface area (Å²) >= 11 is 1.79. The minimum absolute atomic E-state index is 0.476. The summed E-state index contributed by atoms with van der Waals surface area (Å²) in [6, 6.07) is 0.476. The fourth-order valence-electron chi connectivity index (χ4n) is 2.57. The number of nitrogens with one attached hydrogen (secondary N) is 1. The molecular weight excluding hydrogens is 286 g/mol. The van der Waals surface area contributed by atoms with E-state index in [9.17, 15) is 0 Å². The maximum absolute atomic E-state index is 5.29. The van der Waals surface area contributed by atoms with E-state index in [2.05, 4.69) is 24.1 Å². The van der Waals surface area contributed by atoms with Crippen molar-refractivity contribution in [2.24, 2.45) is 5.92 Å². The van der Waals surface area contributed by atoms with Crippen molar-refractivity contribution in [3.63, 3.8) is 0 Å². The van der Waals surface area contributed by atoms with Gasteiger partial charge >= 0.3 is 0 Å². The van der Waals surface area contributed by atoms with E-state index < -0.39 is 0 Å². The molecule has 0 bridgehead atoms. The smallest absolute Gasteiger partial charge is 0.185 e. The summed E-state index contributed by atoms with van der Waals surface area (Å²) in [5.74, 6) is 0.627. The van der Waals surface area contributed by atoms with Crippen LogP contribution in [0.1, 0.15) is 30.8 Å². The van der Waals surface area contributed by atoms with Gasteiger partial charge in [0.1, 0.15) is 0 Å². The molecule has 1 aromatic rings. The largest absolute Gasteiger partial charge is 0.384 e. The highest BCUT2D eigenvalue weighted by Gasteiger charge is 2.25. The van der Waals surface area contributed by atoms with Gasteiger partial charge in [-0.2, -0.15) is 0 Å². The highest BCUT2D eigenvalue weighted by Crippen LogP contribution is 2.31. The van der Waals surface area contributed by atoms with Gasteiger partial charge in [0.15, 0.2) is 5.13 Å². The van der Waals surface area contributed by atoms with Crippen LogP contribution in [0.5, 0.6) is 0 Å². The first kappa shape index (κ1) is 16.7. The Morgan fingerprint density at radius 1 is 1.38 bits per heavy atom. The third-order valence-corrected chi connectivity index (χ3v) is 4.84. The number of anilines is 1. The molecule has 1 unspecified atom stereocenters. The van der Waals surface area contributed by atoms with Crippen LogP contribution in [0.2, 0.25) is 0 Å². The number of aromatic nitrogens is 1. The van der Waals surface area contributed by atoms with Crippen LogP contribution in [-0.2, 0) is 22.6 Å². The van der Waals surface area contributed by atoms with Gasteiger partial charge in [-0.25, -0.2) is 4.98 Å². The average molecular weight is 313 g/mol. The molecule has 2 rings (SSSR count). The Bertz CT molecular complexity index is 437. The van der Waals surface area contributed by atoms with E-state index in [1.807, 2.05) is 0 Å². The number of methoxy groups -OCH3 is 2. The van der Waals surface area contributed by atoms with Gasteiger partial charge in [-0.3, -0.25) is 0 Å². The maximum atomic E-state index is 5.29. The van der Waals surface area contributed by atoms with Crippen molar-refractivity contribution in [3.05, 3.63) is 10.6 Å². The van der Waals surface area contributed by atoms with Crippen LogP contribution in [-0.4, -0.2) is 44.9 Å². The lowest BCUT2D eigenvalue weighted by Gasteiger charge is -2.14. The molecule has 6 heteroatoms. The van der Waals surface area contributed by atoms with Gasteiger partial charge in [0.25, 0.3) is 0 Å². The van der Waals surface area contributed by atoms with Crippen molar-refractivity contribution in [3.8, 4) is 0 Å². The second-order valence-electron chi connectivity index (χ2n) is 5.89. The number of hydrogen-bond donors (Lipinski definition) is 1. The van der Waals surface area contributed by atoms with Crippen molar-refractivity contribution < 1.29 is 9.47 Å². The second kappa shape index (κ2) is 8.08. The second-order valence-corrected chi connectivity index (χ2v) is 6.95. The van der Waals surface area contributed by atoms with Crippen molar-refractivity contribution in [2.45, 2.75) is 39.5 Å². The van der Waals surface area contributed by atoms with Gasteiger partial charge in [-0.1, -0.05) is 13.8 Å². The van der Waals surface area contributed by atoms with Gasteiger partial charge in [0.05, 0.1) is 18.9 Å². The van der Waals surface area contributed by atoms with Crippen molar-refractivity contribution in [1.29, 1.82) is 0 Å². The van der Waals surface area contributed by atoms with E-state index in [-0.39, 0.29) is 0 Å². The average Bonchev–Trinajstić information content (AvgIpc) is 3.04. The zero-order valence-electron chi connectivity index (χ0n) is 13.5. The molecule has 2 heterocycles. The Hall–Kier alpha value is -0.690. The van der Waals surface area contributed by atoms with Gasteiger partial charge in [0, 0.05) is 50.7 Å². The van der Waals surface area contributed by atoms with Gasteiger partial charge in [-0.15, -0.1) is 11.3 Å². The Kier molecular flexibility index (Phi) is 6.41. The zero-order chi connectivity index (χ0) is 15.2. The molecule has 0 amide bonds. The van der Waals surface area contributed by atoms with Gasteiger partial charge < -0.3 is 19.7 Å². The molecule has 1 aliphatic heterocycles. The van der Waals surface area contributed by atoms with E-state index in [0.717, 1.165) is 37.1 Å². The molecule has 0 aromatic carbocycles. The molecule has 21 heavy (non-hydrogen) atoms. The normalized spacial score (nSPS) is 18.9. The Morgan fingerprint density at radius 3 is 2.86 bits per heavy atom. The number of ether oxygens (including phenoxy) is 2. The molecule has 5 nitrogen and oxygen atoms in total. The molecule has 0 radical (unpaired) electrons. The maximum Gasteiger partial charge on any atom is 0.185 e. The summed E-state index contributed by atoms with van der Waals surface area (Å²) in [6.07, 6.45) is 1.19. The van der Waals surface area contributed by atoms with Crippen LogP contribution < -0.4 is 10.2 Å². The highest BCUT2D eigenvalue weighted by atomic mass is 32.1. The molecule has 1 aliphatic rings. The van der Waals surface area contributed by atoms with Crippen LogP contribution in [0.25, 0.3) is 0 Å². The molecule has 0 aliphatic carbocycles. The molecule has 1 N–H and O–H groups in total. The van der Waals surface area contributed by atoms with E-state index in [4.69, 9.17) is 14.5 Å². The summed E-state index contributed by atoms with van der Waals surface area (Å²) in [5, 5.41) is 4.60. The molecule has 1 saturated heterocycles. The topological polar surface area (TPSA) is 46.6 Å². The van der Waals surface area contributed by atoms with Crippen LogP contribution in [0.3, 0.4) is 0 Å². The number of nitrogens with zero attached hydrogens (tertiary/aromatic N) is 2. The molecule has 1 aromatic heterocycles. The van der Waals surface area contributed by atoms with E-state index in [0.29, 0.717) is 18.6 Å². The van der Waals surface area contributed by atoms with E-state index in [1.54, 1.807) is 25.6 Å². The number of hydrogen-bond acceptors (Lipinski definition) is 6. The Labute approximate surface area is 131 Å². The third kappa shape index (κ3) is 4.64. The molecule has 120 valence electrons. The minimum Gasteiger partial charge on any atom is -0.384 e. The summed E-state index contributed by atoms with van der Waals surface area (Å²) in [4.78, 5) is 8.46. The predicted octanol–water partition coefficient (Wildman–Crippen LogP) is 2.26. The lowest BCUT2D eigenvalue weighted by molar-refractivity contribution is 0.161. The standard InChI is InChI=1S/C15H27N3O2S/c1-11(2)16-7-14-13(10-20-4)17-15(21-14)18-6-5-12(8-18)9-19-3/h11-12,16H,5-10H2,1-4H3. The van der Waals surface area contributed by atoms with Gasteiger partial charge in [0.2, 0.25) is 0 Å². The monoisotopic (exact) mass is 313 g/mol.